The Kier molecular flexibility index (Phi) is 7.82. The van der Waals surface area contributed by atoms with Crippen LogP contribution in [-0.4, -0.2) is 24.5 Å². The molecule has 1 aromatic rings. The van der Waals surface area contributed by atoms with E-state index in [0.29, 0.717) is 5.41 Å². The van der Waals surface area contributed by atoms with Gasteiger partial charge in [-0.3, -0.25) is 0 Å². The first-order valence-electron chi connectivity index (χ1n) is 12.0. The van der Waals surface area contributed by atoms with Gasteiger partial charge in [0.1, 0.15) is 0 Å². The van der Waals surface area contributed by atoms with E-state index in [1.54, 1.807) is 5.56 Å². The maximum atomic E-state index is 2.80. The summed E-state index contributed by atoms with van der Waals surface area (Å²) >= 11 is 0. The number of nitrogens with zero attached hydrogens (tertiary/aromatic N) is 1. The molecule has 1 aliphatic carbocycles. The van der Waals surface area contributed by atoms with Gasteiger partial charge in [0.25, 0.3) is 0 Å². The molecular weight excluding hydrogens is 326 g/mol. The highest BCUT2D eigenvalue weighted by atomic mass is 15.1. The topological polar surface area (TPSA) is 3.24 Å². The van der Waals surface area contributed by atoms with Gasteiger partial charge in [0.2, 0.25) is 0 Å². The molecule has 1 saturated carbocycles. The number of likely N-dealkylation sites (tertiary alicyclic amines) is 1. The van der Waals surface area contributed by atoms with Crippen LogP contribution in [0.2, 0.25) is 0 Å². The molecule has 27 heavy (non-hydrogen) atoms. The number of benzene rings is 1. The molecule has 0 spiro atoms. The van der Waals surface area contributed by atoms with Crippen LogP contribution in [0.1, 0.15) is 90.5 Å². The van der Waals surface area contributed by atoms with Gasteiger partial charge >= 0.3 is 0 Å². The minimum absolute atomic E-state index is 0.360. The fraction of sp³-hybridized carbons (Fsp3) is 0.769. The van der Waals surface area contributed by atoms with Crippen LogP contribution < -0.4 is 0 Å². The number of hydrogen-bond acceptors (Lipinski definition) is 1. The number of rotatable bonds is 9. The smallest absolute Gasteiger partial charge is 0.0111 e. The molecule has 1 aromatic carbocycles. The summed E-state index contributed by atoms with van der Waals surface area (Å²) in [6, 6.07) is 11.7. The summed E-state index contributed by atoms with van der Waals surface area (Å²) in [5, 5.41) is 0. The molecule has 0 bridgehead atoms. The largest absolute Gasteiger partial charge is 0.302 e. The third-order valence-electron chi connectivity index (χ3n) is 7.75. The predicted octanol–water partition coefficient (Wildman–Crippen LogP) is 7.06. The molecule has 1 heterocycles. The van der Waals surface area contributed by atoms with Gasteiger partial charge in [0, 0.05) is 12.0 Å². The molecule has 2 fully saturated rings. The van der Waals surface area contributed by atoms with Crippen LogP contribution in [0.5, 0.6) is 0 Å². The molecule has 0 N–H and O–H groups in total. The van der Waals surface area contributed by atoms with Gasteiger partial charge in [-0.2, -0.15) is 0 Å². The van der Waals surface area contributed by atoms with Crippen molar-refractivity contribution >= 4 is 0 Å². The third-order valence-corrected chi connectivity index (χ3v) is 7.75. The summed E-state index contributed by atoms with van der Waals surface area (Å²) in [5.41, 5.74) is 2.00. The summed E-state index contributed by atoms with van der Waals surface area (Å²) in [4.78, 5) is 2.80. The van der Waals surface area contributed by atoms with Crippen molar-refractivity contribution < 1.29 is 0 Å². The molecule has 1 saturated heterocycles. The van der Waals surface area contributed by atoms with E-state index in [-0.39, 0.29) is 0 Å². The molecule has 0 amide bonds. The lowest BCUT2D eigenvalue weighted by Crippen LogP contribution is -2.47. The lowest BCUT2D eigenvalue weighted by atomic mass is 9.59. The van der Waals surface area contributed by atoms with Crippen molar-refractivity contribution in [3.63, 3.8) is 0 Å². The first-order chi connectivity index (χ1) is 13.2. The Hall–Kier alpha value is -0.820. The first kappa shape index (κ1) is 20.9. The highest BCUT2D eigenvalue weighted by Crippen LogP contribution is 2.48. The van der Waals surface area contributed by atoms with Crippen molar-refractivity contribution in [2.45, 2.75) is 90.4 Å². The molecular formula is C26H43N. The van der Waals surface area contributed by atoms with E-state index in [1.165, 1.54) is 83.8 Å². The van der Waals surface area contributed by atoms with Crippen LogP contribution in [0.25, 0.3) is 0 Å². The summed E-state index contributed by atoms with van der Waals surface area (Å²) in [6.45, 7) is 11.2. The second-order valence-electron chi connectivity index (χ2n) is 9.73. The predicted molar refractivity (Wildman–Crippen MR) is 118 cm³/mol. The van der Waals surface area contributed by atoms with Crippen molar-refractivity contribution in [3.8, 4) is 0 Å². The van der Waals surface area contributed by atoms with Crippen LogP contribution in [0.4, 0.5) is 0 Å². The minimum Gasteiger partial charge on any atom is -0.302 e. The highest BCUT2D eigenvalue weighted by Gasteiger charge is 2.43. The van der Waals surface area contributed by atoms with Gasteiger partial charge < -0.3 is 4.90 Å². The fourth-order valence-corrected chi connectivity index (χ4v) is 6.25. The Bertz CT molecular complexity index is 524. The van der Waals surface area contributed by atoms with Crippen molar-refractivity contribution in [2.75, 3.05) is 19.6 Å². The monoisotopic (exact) mass is 369 g/mol. The van der Waals surface area contributed by atoms with Crippen LogP contribution in [0, 0.1) is 17.8 Å². The van der Waals surface area contributed by atoms with Crippen LogP contribution in [-0.2, 0) is 5.41 Å². The van der Waals surface area contributed by atoms with Gasteiger partial charge in [-0.1, -0.05) is 83.2 Å². The second-order valence-corrected chi connectivity index (χ2v) is 9.73. The quantitative estimate of drug-likeness (QED) is 0.450. The Morgan fingerprint density at radius 3 is 2.26 bits per heavy atom. The Labute approximate surface area is 168 Å². The Morgan fingerprint density at radius 1 is 1.00 bits per heavy atom. The van der Waals surface area contributed by atoms with Crippen molar-refractivity contribution in [1.29, 1.82) is 0 Å². The highest BCUT2D eigenvalue weighted by molar-refractivity contribution is 5.28. The second kappa shape index (κ2) is 10.1. The molecule has 2 aliphatic rings. The Morgan fingerprint density at radius 2 is 1.67 bits per heavy atom. The maximum absolute atomic E-state index is 2.80. The van der Waals surface area contributed by atoms with E-state index in [2.05, 4.69) is 56.0 Å². The van der Waals surface area contributed by atoms with E-state index in [9.17, 15) is 0 Å². The summed E-state index contributed by atoms with van der Waals surface area (Å²) < 4.78 is 0. The van der Waals surface area contributed by atoms with E-state index in [0.717, 1.165) is 17.8 Å². The zero-order valence-electron chi connectivity index (χ0n) is 18.3. The maximum Gasteiger partial charge on any atom is 0.0111 e. The molecule has 1 aliphatic heterocycles. The fourth-order valence-electron chi connectivity index (χ4n) is 6.25. The van der Waals surface area contributed by atoms with Gasteiger partial charge in [0.05, 0.1) is 0 Å². The van der Waals surface area contributed by atoms with Crippen LogP contribution in [0.15, 0.2) is 30.3 Å². The Balaban J connectivity index is 1.92. The third kappa shape index (κ3) is 5.17. The van der Waals surface area contributed by atoms with E-state index in [1.807, 2.05) is 0 Å². The summed E-state index contributed by atoms with van der Waals surface area (Å²) in [5.74, 6) is 2.67. The van der Waals surface area contributed by atoms with E-state index < -0.39 is 0 Å². The standard InChI is InChI=1S/C26H43N/c1-4-11-22(3)20-26(21-27-18-9-10-19-27,24-12-7-6-8-13-24)25-16-14-23(5-2)15-17-25/h6-8,12-13,22-23,25H,4-5,9-11,14-21H2,1-3H3. The minimum atomic E-state index is 0.360. The van der Waals surface area contributed by atoms with Crippen molar-refractivity contribution in [1.82, 2.24) is 4.90 Å². The average molecular weight is 370 g/mol. The van der Waals surface area contributed by atoms with E-state index in [4.69, 9.17) is 0 Å². The molecule has 152 valence electrons. The summed E-state index contributed by atoms with van der Waals surface area (Å²) in [6.07, 6.45) is 14.1. The zero-order chi connectivity index (χ0) is 19.1. The number of hydrogen-bond donors (Lipinski definition) is 0. The molecule has 2 atom stereocenters. The van der Waals surface area contributed by atoms with Gasteiger partial charge in [-0.15, -0.1) is 0 Å². The van der Waals surface area contributed by atoms with Crippen molar-refractivity contribution in [2.24, 2.45) is 17.8 Å². The summed E-state index contributed by atoms with van der Waals surface area (Å²) in [7, 11) is 0. The average Bonchev–Trinajstić information content (AvgIpc) is 3.21. The zero-order valence-corrected chi connectivity index (χ0v) is 18.3. The lowest BCUT2D eigenvalue weighted by molar-refractivity contribution is 0.100. The van der Waals surface area contributed by atoms with Crippen molar-refractivity contribution in [3.05, 3.63) is 35.9 Å². The molecule has 3 rings (SSSR count). The van der Waals surface area contributed by atoms with Gasteiger partial charge in [-0.05, 0) is 68.5 Å². The van der Waals surface area contributed by atoms with Crippen LogP contribution in [0.3, 0.4) is 0 Å². The molecule has 1 heteroatoms. The van der Waals surface area contributed by atoms with E-state index >= 15 is 0 Å². The molecule has 2 unspecified atom stereocenters. The lowest BCUT2D eigenvalue weighted by Gasteiger charge is -2.48. The molecule has 0 radical (unpaired) electrons. The molecule has 0 aromatic heterocycles. The molecule has 1 nitrogen and oxygen atoms in total. The van der Waals surface area contributed by atoms with Gasteiger partial charge in [-0.25, -0.2) is 0 Å². The van der Waals surface area contributed by atoms with Crippen LogP contribution >= 0.6 is 0 Å². The van der Waals surface area contributed by atoms with Gasteiger partial charge in [0.15, 0.2) is 0 Å². The normalized spacial score (nSPS) is 27.4. The first-order valence-corrected chi connectivity index (χ1v) is 12.0. The SMILES string of the molecule is CCCC(C)CC(CN1CCCC1)(c1ccccc1)C1CCC(CC)CC1.